The van der Waals surface area contributed by atoms with Crippen LogP contribution < -0.4 is 10.2 Å². The average molecular weight is 318 g/mol. The summed E-state index contributed by atoms with van der Waals surface area (Å²) in [5.41, 5.74) is 0.422. The van der Waals surface area contributed by atoms with E-state index < -0.39 is 21.5 Å². The number of sulfone groups is 1. The summed E-state index contributed by atoms with van der Waals surface area (Å²) in [6.07, 6.45) is 0.389. The summed E-state index contributed by atoms with van der Waals surface area (Å²) >= 11 is 0. The molecule has 0 aliphatic carbocycles. The minimum Gasteiger partial charge on any atom is -0.366 e. The summed E-state index contributed by atoms with van der Waals surface area (Å²) in [5.74, 6) is -1.26. The number of halogens is 2. The molecule has 1 aliphatic rings. The predicted molar refractivity (Wildman–Crippen MR) is 79.2 cm³/mol. The van der Waals surface area contributed by atoms with Gasteiger partial charge in [-0.25, -0.2) is 17.2 Å². The number of nitrogens with one attached hydrogen (secondary N) is 1. The maximum absolute atomic E-state index is 14.2. The third kappa shape index (κ3) is 4.14. The standard InChI is InChI=1S/C14H20F2N2O2S/c1-2-17-10-11-8-12(15)14(13(16)9-11)18-4-3-6-21(19,20)7-5-18/h8-9,17H,2-7,10H2,1H3. The summed E-state index contributed by atoms with van der Waals surface area (Å²) in [5, 5.41) is 3.01. The van der Waals surface area contributed by atoms with Crippen molar-refractivity contribution in [1.29, 1.82) is 0 Å². The zero-order valence-corrected chi connectivity index (χ0v) is 12.8. The topological polar surface area (TPSA) is 49.4 Å². The van der Waals surface area contributed by atoms with Crippen molar-refractivity contribution in [1.82, 2.24) is 5.32 Å². The molecule has 7 heteroatoms. The van der Waals surface area contributed by atoms with E-state index in [1.807, 2.05) is 6.92 Å². The highest BCUT2D eigenvalue weighted by molar-refractivity contribution is 7.91. The van der Waals surface area contributed by atoms with Gasteiger partial charge in [-0.1, -0.05) is 6.92 Å². The molecule has 0 saturated carbocycles. The van der Waals surface area contributed by atoms with Crippen molar-refractivity contribution >= 4 is 15.5 Å². The fourth-order valence-corrected chi connectivity index (χ4v) is 3.73. The normalized spacial score (nSPS) is 18.5. The summed E-state index contributed by atoms with van der Waals surface area (Å²) in [6.45, 7) is 3.51. The zero-order chi connectivity index (χ0) is 15.5. The molecule has 0 amide bonds. The van der Waals surface area contributed by atoms with Crippen LogP contribution >= 0.6 is 0 Å². The molecular formula is C14H20F2N2O2S. The van der Waals surface area contributed by atoms with Gasteiger partial charge >= 0.3 is 0 Å². The molecular weight excluding hydrogens is 298 g/mol. The minimum atomic E-state index is -3.10. The van der Waals surface area contributed by atoms with Gasteiger partial charge in [0.1, 0.15) is 17.3 Å². The molecule has 1 heterocycles. The Labute approximate surface area is 124 Å². The third-order valence-electron chi connectivity index (χ3n) is 3.53. The van der Waals surface area contributed by atoms with Crippen molar-refractivity contribution in [2.24, 2.45) is 0 Å². The third-order valence-corrected chi connectivity index (χ3v) is 5.24. The molecule has 0 bridgehead atoms. The lowest BCUT2D eigenvalue weighted by Gasteiger charge is -2.23. The fraction of sp³-hybridized carbons (Fsp3) is 0.571. The zero-order valence-electron chi connectivity index (χ0n) is 12.0. The van der Waals surface area contributed by atoms with E-state index in [0.29, 0.717) is 25.1 Å². The van der Waals surface area contributed by atoms with Crippen molar-refractivity contribution in [3.63, 3.8) is 0 Å². The van der Waals surface area contributed by atoms with Gasteiger partial charge in [-0.2, -0.15) is 0 Å². The highest BCUT2D eigenvalue weighted by Gasteiger charge is 2.23. The number of nitrogens with zero attached hydrogens (tertiary/aromatic N) is 1. The summed E-state index contributed by atoms with van der Waals surface area (Å²) < 4.78 is 51.5. The van der Waals surface area contributed by atoms with Crippen LogP contribution in [0.3, 0.4) is 0 Å². The van der Waals surface area contributed by atoms with Crippen LogP contribution in [0.4, 0.5) is 14.5 Å². The van der Waals surface area contributed by atoms with E-state index >= 15 is 0 Å². The first-order valence-electron chi connectivity index (χ1n) is 7.07. The van der Waals surface area contributed by atoms with Gasteiger partial charge < -0.3 is 10.2 Å². The van der Waals surface area contributed by atoms with Gasteiger partial charge in [0.05, 0.1) is 11.5 Å². The number of anilines is 1. The van der Waals surface area contributed by atoms with Crippen LogP contribution in [0.1, 0.15) is 18.9 Å². The van der Waals surface area contributed by atoms with Crippen LogP contribution in [0, 0.1) is 11.6 Å². The maximum Gasteiger partial charge on any atom is 0.152 e. The highest BCUT2D eigenvalue weighted by Crippen LogP contribution is 2.26. The Hall–Kier alpha value is -1.21. The van der Waals surface area contributed by atoms with Crippen LogP contribution in [0.2, 0.25) is 0 Å². The predicted octanol–water partition coefficient (Wildman–Crippen LogP) is 1.70. The molecule has 21 heavy (non-hydrogen) atoms. The molecule has 0 radical (unpaired) electrons. The quantitative estimate of drug-likeness (QED) is 0.918. The molecule has 0 spiro atoms. The van der Waals surface area contributed by atoms with Crippen molar-refractivity contribution in [2.75, 3.05) is 36.0 Å². The van der Waals surface area contributed by atoms with E-state index in [2.05, 4.69) is 5.32 Å². The Morgan fingerprint density at radius 2 is 1.86 bits per heavy atom. The summed E-state index contributed by atoms with van der Waals surface area (Å²) in [6, 6.07) is 2.61. The van der Waals surface area contributed by atoms with E-state index in [1.54, 1.807) is 0 Å². The van der Waals surface area contributed by atoms with Gasteiger partial charge in [0, 0.05) is 19.6 Å². The minimum absolute atomic E-state index is 0.0645. The van der Waals surface area contributed by atoms with Gasteiger partial charge in [0.15, 0.2) is 9.84 Å². The van der Waals surface area contributed by atoms with Crippen LogP contribution in [0.25, 0.3) is 0 Å². The Morgan fingerprint density at radius 3 is 2.48 bits per heavy atom. The summed E-state index contributed by atoms with van der Waals surface area (Å²) in [7, 11) is -3.10. The molecule has 0 unspecified atom stereocenters. The Morgan fingerprint density at radius 1 is 1.19 bits per heavy atom. The highest BCUT2D eigenvalue weighted by atomic mass is 32.2. The van der Waals surface area contributed by atoms with Crippen LogP contribution in [0.15, 0.2) is 12.1 Å². The number of hydrogen-bond donors (Lipinski definition) is 1. The molecule has 1 aromatic rings. The van der Waals surface area contributed by atoms with Gasteiger partial charge in [0.2, 0.25) is 0 Å². The monoisotopic (exact) mass is 318 g/mol. The molecule has 0 atom stereocenters. The van der Waals surface area contributed by atoms with Crippen molar-refractivity contribution in [3.05, 3.63) is 29.3 Å². The van der Waals surface area contributed by atoms with E-state index in [9.17, 15) is 17.2 Å². The van der Waals surface area contributed by atoms with Gasteiger partial charge in [-0.15, -0.1) is 0 Å². The molecule has 0 aromatic heterocycles. The van der Waals surface area contributed by atoms with Crippen molar-refractivity contribution < 1.29 is 17.2 Å². The Bertz CT molecular complexity index is 582. The first-order chi connectivity index (χ1) is 9.93. The Balaban J connectivity index is 2.23. The second-order valence-electron chi connectivity index (χ2n) is 5.18. The van der Waals surface area contributed by atoms with Crippen LogP contribution in [0.5, 0.6) is 0 Å². The lowest BCUT2D eigenvalue weighted by Crippen LogP contribution is -2.28. The second kappa shape index (κ2) is 6.70. The largest absolute Gasteiger partial charge is 0.366 e. The van der Waals surface area contributed by atoms with E-state index in [-0.39, 0.29) is 23.7 Å². The molecule has 1 saturated heterocycles. The van der Waals surface area contributed by atoms with Crippen LogP contribution in [-0.2, 0) is 16.4 Å². The summed E-state index contributed by atoms with van der Waals surface area (Å²) in [4.78, 5) is 1.49. The molecule has 1 fully saturated rings. The maximum atomic E-state index is 14.2. The first-order valence-corrected chi connectivity index (χ1v) is 8.89. The van der Waals surface area contributed by atoms with E-state index in [0.717, 1.165) is 6.54 Å². The molecule has 1 N–H and O–H groups in total. The van der Waals surface area contributed by atoms with Gasteiger partial charge in [-0.3, -0.25) is 0 Å². The number of hydrogen-bond acceptors (Lipinski definition) is 4. The SMILES string of the molecule is CCNCc1cc(F)c(N2CCCS(=O)(=O)CC2)c(F)c1. The number of benzene rings is 1. The van der Waals surface area contributed by atoms with Gasteiger partial charge in [-0.05, 0) is 30.7 Å². The van der Waals surface area contributed by atoms with Crippen molar-refractivity contribution in [2.45, 2.75) is 19.9 Å². The van der Waals surface area contributed by atoms with Crippen molar-refractivity contribution in [3.8, 4) is 0 Å². The fourth-order valence-electron chi connectivity index (χ4n) is 2.45. The second-order valence-corrected chi connectivity index (χ2v) is 7.48. The molecule has 1 aromatic carbocycles. The average Bonchev–Trinajstić information content (AvgIpc) is 2.57. The van der Waals surface area contributed by atoms with Crippen LogP contribution in [-0.4, -0.2) is 39.6 Å². The Kier molecular flexibility index (Phi) is 5.16. The van der Waals surface area contributed by atoms with Gasteiger partial charge in [0.25, 0.3) is 0 Å². The lowest BCUT2D eigenvalue weighted by molar-refractivity contribution is 0.566. The molecule has 118 valence electrons. The molecule has 1 aliphatic heterocycles. The molecule has 2 rings (SSSR count). The number of rotatable bonds is 4. The lowest BCUT2D eigenvalue weighted by atomic mass is 10.1. The van der Waals surface area contributed by atoms with E-state index in [1.165, 1.54) is 17.0 Å². The first kappa shape index (κ1) is 16.2. The molecule has 4 nitrogen and oxygen atoms in total. The smallest absolute Gasteiger partial charge is 0.152 e. The van der Waals surface area contributed by atoms with E-state index in [4.69, 9.17) is 0 Å².